The van der Waals surface area contributed by atoms with Crippen LogP contribution in [0.3, 0.4) is 0 Å². The summed E-state index contributed by atoms with van der Waals surface area (Å²) in [5.74, 6) is 8.67. The molecule has 0 aromatic carbocycles. The highest BCUT2D eigenvalue weighted by Crippen LogP contribution is 2.74. The number of hydrogen-bond acceptors (Lipinski definition) is 23. The number of rotatable bonds is 19. The Hall–Kier alpha value is -6.16. The summed E-state index contributed by atoms with van der Waals surface area (Å²) in [4.78, 5) is 145. The molecule has 0 aromatic rings. The van der Waals surface area contributed by atoms with Crippen LogP contribution >= 0.6 is 0 Å². The third kappa shape index (κ3) is 16.4. The van der Waals surface area contributed by atoms with Crippen molar-refractivity contribution >= 4 is 71.4 Å². The third-order valence-corrected chi connectivity index (χ3v) is 38.4. The summed E-state index contributed by atoms with van der Waals surface area (Å²) in [6.45, 7) is 39.0. The van der Waals surface area contributed by atoms with Crippen LogP contribution in [0.1, 0.15) is 317 Å². The fraction of sp³-hybridized carbons (Fsp3) is 0.881. The van der Waals surface area contributed by atoms with Gasteiger partial charge in [-0.1, -0.05) is 55.4 Å². The van der Waals surface area contributed by atoms with Crippen LogP contribution in [0.5, 0.6) is 0 Å². The van der Waals surface area contributed by atoms with Crippen LogP contribution in [0.2, 0.25) is 0 Å². The van der Waals surface area contributed by atoms with Gasteiger partial charge in [-0.25, -0.2) is 0 Å². The largest absolute Gasteiger partial charge is 0.465 e. The standard InChI is InChI=1S/C21H30O4.C17H26O3.3C16H24O4.C15H22O4/c1-4-20(2,3)18(22)25-15-9-11-7-13(15)17-14-8-12(16(11)17)10-21(14)5-6-24-19(21)23;1-4-16(2,3)14(18)9-11-7-13-8-12(11)10-17(13)5-6-20-15(17)19;1-4-15(2,3)14(18)20-12-6-11-5-10(12)7-16(11)8-13(17)19-9-16;1-4-15(2,3)14(18)20-12-6-10-5-11(12)16(7-10)8-13(17)19-9-16;1-4-15(2,3)13(17)20-12-8-10-7-11(12)16(9-10)5-6-19-14(16)18;1-4-15(2,3)14(17)19-11-6-8-5-9(11)12-10(8)7-18-13(12)16/h11-17H,4-10H2,1-3H3;11-13H,4-10H2,1-3H3;3*10-12H,4-9H2,1-3H3;8-12H,4-7H2,1-3H3. The smallest absolute Gasteiger partial charge is 0.312 e. The molecule has 29 unspecified atom stereocenters. The molecule has 14 bridgehead atoms. The van der Waals surface area contributed by atoms with Crippen LogP contribution in [0.25, 0.3) is 0 Å². The number of carbonyl (C=O) groups excluding carboxylic acids is 12. The minimum absolute atomic E-state index is 0.0124. The minimum Gasteiger partial charge on any atom is -0.465 e. The van der Waals surface area contributed by atoms with Crippen LogP contribution in [-0.2, 0) is 110 Å². The van der Waals surface area contributed by atoms with E-state index in [-0.39, 0.29) is 146 Å². The molecule has 20 aliphatic rings. The zero-order valence-electron chi connectivity index (χ0n) is 78.2. The molecule has 0 aromatic heterocycles. The highest BCUT2D eigenvalue weighted by molar-refractivity contribution is 5.85. The van der Waals surface area contributed by atoms with Gasteiger partial charge in [0.15, 0.2) is 0 Å². The molecule has 20 fully saturated rings. The topological polar surface area (TPSA) is 306 Å². The van der Waals surface area contributed by atoms with E-state index in [2.05, 4.69) is 20.8 Å². The van der Waals surface area contributed by atoms with E-state index in [4.69, 9.17) is 52.1 Å². The molecule has 0 N–H and O–H groups in total. The number of ketones is 1. The van der Waals surface area contributed by atoms with Gasteiger partial charge in [-0.15, -0.1) is 0 Å². The maximum atomic E-state index is 12.6. The molecule has 23 heteroatoms. The van der Waals surface area contributed by atoms with E-state index >= 15 is 0 Å². The zero-order chi connectivity index (χ0) is 89.5. The van der Waals surface area contributed by atoms with Gasteiger partial charge < -0.3 is 52.1 Å². The van der Waals surface area contributed by atoms with Crippen molar-refractivity contribution in [3.05, 3.63) is 0 Å². The molecule has 692 valence electrons. The molecule has 0 radical (unpaired) electrons. The summed E-state index contributed by atoms with van der Waals surface area (Å²) >= 11 is 0. The van der Waals surface area contributed by atoms with Crippen molar-refractivity contribution in [2.75, 3.05) is 39.6 Å². The van der Waals surface area contributed by atoms with Crippen molar-refractivity contribution in [3.63, 3.8) is 0 Å². The monoisotopic (exact) mass is 1730 g/mol. The maximum Gasteiger partial charge on any atom is 0.312 e. The highest BCUT2D eigenvalue weighted by Gasteiger charge is 2.73. The fourth-order valence-electron chi connectivity index (χ4n) is 28.3. The van der Waals surface area contributed by atoms with Gasteiger partial charge in [-0.2, -0.15) is 0 Å². The minimum atomic E-state index is -0.439. The Balaban J connectivity index is 0.000000115. The van der Waals surface area contributed by atoms with Crippen molar-refractivity contribution < 1.29 is 110 Å². The molecule has 0 amide bonds. The lowest BCUT2D eigenvalue weighted by Crippen LogP contribution is -2.46. The van der Waals surface area contributed by atoms with Gasteiger partial charge in [0.1, 0.15) is 36.3 Å². The first kappa shape index (κ1) is 92.6. The van der Waals surface area contributed by atoms with E-state index < -0.39 is 27.1 Å². The van der Waals surface area contributed by atoms with Crippen molar-refractivity contribution in [3.8, 4) is 0 Å². The molecule has 23 nitrogen and oxygen atoms in total. The van der Waals surface area contributed by atoms with Crippen molar-refractivity contribution in [1.29, 1.82) is 0 Å². The number of carbonyl (C=O) groups is 12. The molecule has 14 saturated carbocycles. The molecule has 124 heavy (non-hydrogen) atoms. The van der Waals surface area contributed by atoms with Gasteiger partial charge in [0.05, 0.1) is 102 Å². The van der Waals surface area contributed by atoms with Gasteiger partial charge in [0.2, 0.25) is 0 Å². The molecule has 29 atom stereocenters. The Morgan fingerprint density at radius 2 is 0.790 bits per heavy atom. The second-order valence-electron chi connectivity index (χ2n) is 47.2. The number of hydrogen-bond donors (Lipinski definition) is 0. The van der Waals surface area contributed by atoms with Crippen LogP contribution < -0.4 is 0 Å². The van der Waals surface area contributed by atoms with E-state index in [1.54, 1.807) is 0 Å². The SMILES string of the molecule is CCC(C)(C)C(=O)CC1CC2CC1CC21CCOC1=O.CCC(C)(C)C(=O)OC1CC2CC1C1(CCOC1=O)C2.CCC(C)(C)C(=O)OC1CC2CC1C1(COC(=O)C1)C2.CCC(C)(C)C(=O)OC1CC2CC1C1C(=O)OCC21.CCC(C)(C)C(=O)OC1CC2CC1C1C2C2CC1C1(CCOC1=O)C2.CCC(C)(C)C(=O)OC1CC2CC1CC21COC(=O)C1. The van der Waals surface area contributed by atoms with Gasteiger partial charge in [-0.3, -0.25) is 57.5 Å². The summed E-state index contributed by atoms with van der Waals surface area (Å²) in [5.41, 5.74) is -2.95. The quantitative estimate of drug-likeness (QED) is 0.0659. The van der Waals surface area contributed by atoms with Gasteiger partial charge >= 0.3 is 65.7 Å². The number of esters is 11. The predicted octanol–water partition coefficient (Wildman–Crippen LogP) is 17.2. The van der Waals surface area contributed by atoms with E-state index in [1.807, 2.05) is 104 Å². The van der Waals surface area contributed by atoms with Crippen molar-refractivity contribution in [2.24, 2.45) is 172 Å². The summed E-state index contributed by atoms with van der Waals surface area (Å²) in [6, 6.07) is 0. The Labute approximate surface area is 736 Å². The fourth-order valence-corrected chi connectivity index (χ4v) is 28.3. The Kier molecular flexibility index (Phi) is 25.4. The first-order valence-electron chi connectivity index (χ1n) is 48.9. The average molecular weight is 1730 g/mol. The number of Topliss-reactive ketones (excluding diaryl/α,β-unsaturated/α-hetero) is 1. The van der Waals surface area contributed by atoms with Crippen molar-refractivity contribution in [2.45, 2.75) is 348 Å². The normalized spacial score (nSPS) is 41.6. The van der Waals surface area contributed by atoms with Gasteiger partial charge in [-0.05, 0) is 325 Å². The molecule has 5 spiro atoms. The third-order valence-electron chi connectivity index (χ3n) is 38.4. The Morgan fingerprint density at radius 1 is 0.347 bits per heavy atom. The highest BCUT2D eigenvalue weighted by atomic mass is 16.6. The zero-order valence-corrected chi connectivity index (χ0v) is 78.2. The molecule has 6 aliphatic heterocycles. The van der Waals surface area contributed by atoms with E-state index in [0.29, 0.717) is 153 Å². The summed E-state index contributed by atoms with van der Waals surface area (Å²) in [6.07, 6.45) is 27.8. The number of ether oxygens (including phenoxy) is 11. The average Bonchev–Trinajstić information content (AvgIpc) is 1.51. The second kappa shape index (κ2) is 34.0. The Bertz CT molecular complexity index is 4130. The van der Waals surface area contributed by atoms with Crippen LogP contribution in [0.15, 0.2) is 0 Å². The lowest BCUT2D eigenvalue weighted by Gasteiger charge is -2.44. The first-order valence-corrected chi connectivity index (χ1v) is 48.9. The van der Waals surface area contributed by atoms with E-state index in [1.165, 1.54) is 12.8 Å². The van der Waals surface area contributed by atoms with E-state index in [9.17, 15) is 57.5 Å². The Morgan fingerprint density at radius 3 is 1.25 bits per heavy atom. The van der Waals surface area contributed by atoms with Gasteiger partial charge in [0.25, 0.3) is 0 Å². The molecule has 6 heterocycles. The molecule has 14 aliphatic carbocycles. The van der Waals surface area contributed by atoms with Crippen molar-refractivity contribution in [1.82, 2.24) is 0 Å². The summed E-state index contributed by atoms with van der Waals surface area (Å²) < 4.78 is 60.5. The molecular formula is C101H150O23. The number of cyclic esters (lactones) is 6. The predicted molar refractivity (Wildman–Crippen MR) is 454 cm³/mol. The van der Waals surface area contributed by atoms with Crippen LogP contribution in [0, 0.1) is 172 Å². The maximum absolute atomic E-state index is 12.6. The van der Waals surface area contributed by atoms with E-state index in [0.717, 1.165) is 166 Å². The molecular weight excluding hydrogens is 1580 g/mol. The number of fused-ring (bicyclic) bond motifs is 27. The summed E-state index contributed by atoms with van der Waals surface area (Å²) in [5, 5.41) is 0. The molecule has 6 saturated heterocycles. The second-order valence-corrected chi connectivity index (χ2v) is 47.2. The summed E-state index contributed by atoms with van der Waals surface area (Å²) in [7, 11) is 0. The lowest BCUT2D eigenvalue weighted by atomic mass is 9.60. The van der Waals surface area contributed by atoms with Crippen LogP contribution in [0.4, 0.5) is 0 Å². The first-order chi connectivity index (χ1) is 58.3. The molecule has 20 rings (SSSR count). The lowest BCUT2D eigenvalue weighted by molar-refractivity contribution is -0.169. The van der Waals surface area contributed by atoms with Crippen LogP contribution in [-0.4, -0.2) is 142 Å². The van der Waals surface area contributed by atoms with Gasteiger partial charge in [0, 0.05) is 46.3 Å².